The molecule has 0 aromatic heterocycles. The summed E-state index contributed by atoms with van der Waals surface area (Å²) in [5, 5.41) is 19.3. The van der Waals surface area contributed by atoms with E-state index < -0.39 is 5.97 Å². The van der Waals surface area contributed by atoms with Gasteiger partial charge in [0, 0.05) is 17.9 Å². The summed E-state index contributed by atoms with van der Waals surface area (Å²) >= 11 is 0. The zero-order valence-corrected chi connectivity index (χ0v) is 15.1. The molecule has 0 unspecified atom stereocenters. The number of aliphatic carboxylic acids is 1. The number of aliphatic hydroxyl groups is 1. The van der Waals surface area contributed by atoms with Gasteiger partial charge in [-0.15, -0.1) is 0 Å². The maximum atomic E-state index is 10.7. The normalized spacial score (nSPS) is 37.5. The van der Waals surface area contributed by atoms with Gasteiger partial charge in [0.2, 0.25) is 0 Å². The van der Waals surface area contributed by atoms with Crippen LogP contribution in [-0.4, -0.2) is 22.3 Å². The average molecular weight is 330 g/mol. The van der Waals surface area contributed by atoms with Crippen LogP contribution in [0.25, 0.3) is 0 Å². The van der Waals surface area contributed by atoms with Crippen molar-refractivity contribution in [3.05, 3.63) is 47.6 Å². The number of aliphatic hydroxyl groups excluding tert-OH is 1. The summed E-state index contributed by atoms with van der Waals surface area (Å²) in [5.41, 5.74) is 2.66. The highest BCUT2D eigenvalue weighted by molar-refractivity contribution is 5.80. The van der Waals surface area contributed by atoms with Gasteiger partial charge in [0.1, 0.15) is 0 Å². The van der Waals surface area contributed by atoms with Gasteiger partial charge in [-0.3, -0.25) is 0 Å². The minimum atomic E-state index is -0.931. The predicted octanol–water partition coefficient (Wildman–Crippen LogP) is 4.37. The first-order valence-electron chi connectivity index (χ1n) is 8.93. The molecular weight excluding hydrogens is 300 g/mol. The number of carbonyl (C=O) groups is 1. The van der Waals surface area contributed by atoms with Gasteiger partial charge >= 0.3 is 5.97 Å². The van der Waals surface area contributed by atoms with E-state index in [1.54, 1.807) is 6.08 Å². The van der Waals surface area contributed by atoms with E-state index in [0.717, 1.165) is 18.9 Å². The Morgan fingerprint density at radius 2 is 2.00 bits per heavy atom. The van der Waals surface area contributed by atoms with E-state index in [1.807, 2.05) is 6.08 Å². The fourth-order valence-corrected chi connectivity index (χ4v) is 4.66. The van der Waals surface area contributed by atoms with E-state index in [0.29, 0.717) is 23.7 Å². The number of rotatable bonds is 4. The van der Waals surface area contributed by atoms with Gasteiger partial charge in [0.15, 0.2) is 0 Å². The third-order valence-corrected chi connectivity index (χ3v) is 5.87. The molecule has 0 aromatic rings. The molecule has 0 heterocycles. The van der Waals surface area contributed by atoms with Crippen molar-refractivity contribution in [2.45, 2.75) is 46.6 Å². The standard InChI is InChI=1S/C21H30O3/c1-5-13(2)20-15(4)12-17-18(22)11-10-14(3)21(17)16(20)8-6-7-9-19(23)24/h5-9,12,14,16-18,20-22H,10-11H2,1-4H3,(H,23,24)/b8-6+,9-7+,13-5+/t14-,16+,17-,18-,20+,21-/m0/s1. The molecule has 0 aliphatic heterocycles. The Morgan fingerprint density at radius 3 is 2.62 bits per heavy atom. The lowest BCUT2D eigenvalue weighted by molar-refractivity contribution is -0.131. The molecule has 1 saturated carbocycles. The molecule has 0 bridgehead atoms. The van der Waals surface area contributed by atoms with Gasteiger partial charge in [-0.05, 0) is 51.4 Å². The van der Waals surface area contributed by atoms with Gasteiger partial charge in [0.05, 0.1) is 6.10 Å². The fraction of sp³-hybridized carbons (Fsp3) is 0.571. The quantitative estimate of drug-likeness (QED) is 0.457. The molecule has 132 valence electrons. The van der Waals surface area contributed by atoms with Crippen molar-refractivity contribution in [3.8, 4) is 0 Å². The average Bonchev–Trinajstić information content (AvgIpc) is 2.53. The second-order valence-electron chi connectivity index (χ2n) is 7.36. The number of carboxylic acids is 1. The lowest BCUT2D eigenvalue weighted by Crippen LogP contribution is -2.45. The van der Waals surface area contributed by atoms with Crippen LogP contribution in [0.4, 0.5) is 0 Å². The highest BCUT2D eigenvalue weighted by atomic mass is 16.4. The van der Waals surface area contributed by atoms with Crippen molar-refractivity contribution in [3.63, 3.8) is 0 Å². The monoisotopic (exact) mass is 330 g/mol. The second-order valence-corrected chi connectivity index (χ2v) is 7.36. The Morgan fingerprint density at radius 1 is 1.29 bits per heavy atom. The first kappa shape index (κ1) is 18.7. The Labute approximate surface area is 145 Å². The first-order chi connectivity index (χ1) is 11.4. The van der Waals surface area contributed by atoms with E-state index in [-0.39, 0.29) is 12.0 Å². The predicted molar refractivity (Wildman–Crippen MR) is 97.5 cm³/mol. The molecule has 3 nitrogen and oxygen atoms in total. The molecule has 6 atom stereocenters. The molecule has 0 saturated heterocycles. The van der Waals surface area contributed by atoms with Gasteiger partial charge in [-0.2, -0.15) is 0 Å². The van der Waals surface area contributed by atoms with Crippen molar-refractivity contribution in [1.82, 2.24) is 0 Å². The van der Waals surface area contributed by atoms with Crippen molar-refractivity contribution in [1.29, 1.82) is 0 Å². The van der Waals surface area contributed by atoms with Crippen LogP contribution in [0.5, 0.6) is 0 Å². The zero-order valence-electron chi connectivity index (χ0n) is 15.1. The minimum Gasteiger partial charge on any atom is -0.478 e. The molecule has 0 amide bonds. The summed E-state index contributed by atoms with van der Waals surface area (Å²) in [7, 11) is 0. The number of hydrogen-bond donors (Lipinski definition) is 2. The number of allylic oxidation sites excluding steroid dienone is 6. The van der Waals surface area contributed by atoms with Crippen LogP contribution < -0.4 is 0 Å². The largest absolute Gasteiger partial charge is 0.478 e. The van der Waals surface area contributed by atoms with Gasteiger partial charge < -0.3 is 10.2 Å². The third kappa shape index (κ3) is 3.89. The van der Waals surface area contributed by atoms with Gasteiger partial charge in [-0.1, -0.05) is 48.5 Å². The summed E-state index contributed by atoms with van der Waals surface area (Å²) in [5.74, 6) is 0.838. The van der Waals surface area contributed by atoms with Crippen molar-refractivity contribution in [2.24, 2.45) is 29.6 Å². The van der Waals surface area contributed by atoms with Crippen molar-refractivity contribution >= 4 is 5.97 Å². The van der Waals surface area contributed by atoms with Crippen LogP contribution in [0.1, 0.15) is 40.5 Å². The highest BCUT2D eigenvalue weighted by Gasteiger charge is 2.45. The summed E-state index contributed by atoms with van der Waals surface area (Å²) in [6.45, 7) is 8.68. The minimum absolute atomic E-state index is 0.202. The molecule has 2 aliphatic carbocycles. The lowest BCUT2D eigenvalue weighted by atomic mass is 9.57. The molecule has 2 N–H and O–H groups in total. The van der Waals surface area contributed by atoms with E-state index in [2.05, 4.69) is 45.9 Å². The Hall–Kier alpha value is -1.61. The van der Waals surface area contributed by atoms with Crippen LogP contribution >= 0.6 is 0 Å². The molecule has 0 aromatic carbocycles. The molecule has 0 spiro atoms. The maximum absolute atomic E-state index is 10.7. The second kappa shape index (κ2) is 7.98. The Kier molecular flexibility index (Phi) is 6.22. The summed E-state index contributed by atoms with van der Waals surface area (Å²) in [4.78, 5) is 10.7. The van der Waals surface area contributed by atoms with Crippen molar-refractivity contribution in [2.75, 3.05) is 0 Å². The van der Waals surface area contributed by atoms with Crippen LogP contribution in [0.15, 0.2) is 47.6 Å². The molecule has 3 heteroatoms. The van der Waals surface area contributed by atoms with E-state index >= 15 is 0 Å². The van der Waals surface area contributed by atoms with E-state index in [4.69, 9.17) is 5.11 Å². The molecule has 24 heavy (non-hydrogen) atoms. The maximum Gasteiger partial charge on any atom is 0.328 e. The third-order valence-electron chi connectivity index (χ3n) is 5.87. The van der Waals surface area contributed by atoms with Gasteiger partial charge in [-0.25, -0.2) is 4.79 Å². The smallest absolute Gasteiger partial charge is 0.328 e. The van der Waals surface area contributed by atoms with Crippen LogP contribution in [0.2, 0.25) is 0 Å². The van der Waals surface area contributed by atoms with Gasteiger partial charge in [0.25, 0.3) is 0 Å². The number of carboxylic acid groups (broad SMARTS) is 1. The van der Waals surface area contributed by atoms with E-state index in [9.17, 15) is 9.90 Å². The number of fused-ring (bicyclic) bond motifs is 1. The Bertz CT molecular complexity index is 582. The van der Waals surface area contributed by atoms with Crippen molar-refractivity contribution < 1.29 is 15.0 Å². The Balaban J connectivity index is 2.42. The highest BCUT2D eigenvalue weighted by Crippen LogP contribution is 2.50. The van der Waals surface area contributed by atoms with Crippen LogP contribution in [-0.2, 0) is 4.79 Å². The first-order valence-corrected chi connectivity index (χ1v) is 8.93. The molecular formula is C21H30O3. The topological polar surface area (TPSA) is 57.5 Å². The zero-order chi connectivity index (χ0) is 17.9. The van der Waals surface area contributed by atoms with Crippen LogP contribution in [0, 0.1) is 29.6 Å². The SMILES string of the molecule is C/C=C(\C)[C@@H]1C(C)=C[C@@H]2[C@H]([C@@H]1/C=C/C=C/C(=O)O)[C@@H](C)CC[C@@H]2O. The molecule has 0 radical (unpaired) electrons. The van der Waals surface area contributed by atoms with E-state index in [1.165, 1.54) is 11.1 Å². The lowest BCUT2D eigenvalue weighted by Gasteiger charge is -2.48. The number of hydrogen-bond acceptors (Lipinski definition) is 2. The summed E-state index contributed by atoms with van der Waals surface area (Å²) in [6, 6.07) is 0. The summed E-state index contributed by atoms with van der Waals surface area (Å²) < 4.78 is 0. The van der Waals surface area contributed by atoms with Crippen LogP contribution in [0.3, 0.4) is 0 Å². The summed E-state index contributed by atoms with van der Waals surface area (Å²) in [6.07, 6.45) is 12.9. The molecule has 2 rings (SSSR count). The fourth-order valence-electron chi connectivity index (χ4n) is 4.66. The molecule has 1 fully saturated rings. The molecule has 2 aliphatic rings.